The number of nitrogens with one attached hydrogen (secondary N) is 1. The molecular weight excluding hydrogens is 526 g/mol. The van der Waals surface area contributed by atoms with Crippen molar-refractivity contribution in [3.05, 3.63) is 78.1 Å². The van der Waals surface area contributed by atoms with Gasteiger partial charge in [0.2, 0.25) is 11.8 Å². The number of aromatic nitrogens is 2. The van der Waals surface area contributed by atoms with E-state index >= 15 is 0 Å². The van der Waals surface area contributed by atoms with Gasteiger partial charge in [-0.2, -0.15) is 0 Å². The fourth-order valence-corrected chi connectivity index (χ4v) is 4.26. The number of halogens is 2. The molecule has 0 bridgehead atoms. The van der Waals surface area contributed by atoms with Gasteiger partial charge in [0, 0.05) is 36.5 Å². The zero-order valence-corrected chi connectivity index (χ0v) is 21.3. The standard InChI is InChI=1S/C28H22F2N4O6/c1-34(17-5-3-15(29)4-6-17)27(38)28(8-9-28)26(37)33-16-11-20(30)24(32-14-16)40-22-7-10-31-21-13-23(39-2)19(25(35)36)12-18(21)22/h3-7,10-14H,8-9H2,1-2H3,(H,33,37)(H,35,36). The van der Waals surface area contributed by atoms with Crippen molar-refractivity contribution in [2.75, 3.05) is 24.4 Å². The lowest BCUT2D eigenvalue weighted by Crippen LogP contribution is -2.41. The molecule has 12 heteroatoms. The monoisotopic (exact) mass is 548 g/mol. The smallest absolute Gasteiger partial charge is 0.339 e. The molecule has 40 heavy (non-hydrogen) atoms. The first kappa shape index (κ1) is 26.5. The van der Waals surface area contributed by atoms with Crippen LogP contribution in [0.5, 0.6) is 17.4 Å². The minimum absolute atomic E-state index is 0.0100. The molecule has 5 rings (SSSR count). The second-order valence-electron chi connectivity index (χ2n) is 9.17. The second kappa shape index (κ2) is 10.2. The van der Waals surface area contributed by atoms with Crippen LogP contribution in [0.4, 0.5) is 20.2 Å². The Balaban J connectivity index is 1.34. The molecular formula is C28H22F2N4O6. The van der Waals surface area contributed by atoms with Crippen molar-refractivity contribution in [2.24, 2.45) is 5.41 Å². The quantitative estimate of drug-likeness (QED) is 0.301. The van der Waals surface area contributed by atoms with Gasteiger partial charge in [0.05, 0.1) is 24.5 Å². The molecule has 0 atom stereocenters. The normalized spacial score (nSPS) is 13.4. The minimum Gasteiger partial charge on any atom is -0.496 e. The Morgan fingerprint density at radius 1 is 1.02 bits per heavy atom. The Labute approximate surface area is 226 Å². The van der Waals surface area contributed by atoms with E-state index in [1.165, 1.54) is 73.9 Å². The van der Waals surface area contributed by atoms with Gasteiger partial charge in [-0.05, 0) is 49.2 Å². The number of anilines is 2. The molecule has 1 aliphatic carbocycles. The van der Waals surface area contributed by atoms with Gasteiger partial charge in [-0.25, -0.2) is 18.6 Å². The molecule has 2 N–H and O–H groups in total. The zero-order valence-electron chi connectivity index (χ0n) is 21.3. The van der Waals surface area contributed by atoms with Crippen molar-refractivity contribution in [1.82, 2.24) is 9.97 Å². The van der Waals surface area contributed by atoms with E-state index in [-0.39, 0.29) is 22.7 Å². The SMILES string of the molecule is COc1cc2nccc(Oc3ncc(NC(=O)C4(C(=O)N(C)c5ccc(F)cc5)CC4)cc3F)c2cc1C(=O)O. The Kier molecular flexibility index (Phi) is 6.76. The van der Waals surface area contributed by atoms with Gasteiger partial charge < -0.3 is 24.8 Å². The molecule has 1 fully saturated rings. The molecule has 2 aromatic heterocycles. The molecule has 2 aromatic carbocycles. The zero-order chi connectivity index (χ0) is 28.6. The molecule has 0 aliphatic heterocycles. The minimum atomic E-state index is -1.33. The lowest BCUT2D eigenvalue weighted by Gasteiger charge is -2.23. The van der Waals surface area contributed by atoms with Gasteiger partial charge in [-0.1, -0.05) is 0 Å². The predicted octanol–water partition coefficient (Wildman–Crippen LogP) is 4.79. The highest BCUT2D eigenvalue weighted by Gasteiger charge is 2.57. The second-order valence-corrected chi connectivity index (χ2v) is 9.17. The Bertz CT molecular complexity index is 1660. The summed E-state index contributed by atoms with van der Waals surface area (Å²) < 4.78 is 39.0. The predicted molar refractivity (Wildman–Crippen MR) is 140 cm³/mol. The van der Waals surface area contributed by atoms with E-state index < -0.39 is 40.7 Å². The van der Waals surface area contributed by atoms with Gasteiger partial charge in [-0.15, -0.1) is 0 Å². The number of benzene rings is 2. The number of hydrogen-bond acceptors (Lipinski definition) is 7. The van der Waals surface area contributed by atoms with Crippen LogP contribution in [0, 0.1) is 17.0 Å². The third-order valence-electron chi connectivity index (χ3n) is 6.64. The largest absolute Gasteiger partial charge is 0.496 e. The van der Waals surface area contributed by atoms with E-state index in [9.17, 15) is 28.3 Å². The summed E-state index contributed by atoms with van der Waals surface area (Å²) >= 11 is 0. The molecule has 2 amide bonds. The fraction of sp³-hybridized carbons (Fsp3) is 0.179. The molecule has 10 nitrogen and oxygen atoms in total. The number of methoxy groups -OCH3 is 1. The number of carbonyl (C=O) groups excluding carboxylic acids is 2. The summed E-state index contributed by atoms with van der Waals surface area (Å²) in [5.74, 6) is -3.89. The van der Waals surface area contributed by atoms with E-state index in [0.29, 0.717) is 29.4 Å². The summed E-state index contributed by atoms with van der Waals surface area (Å²) in [4.78, 5) is 47.2. The Morgan fingerprint density at radius 2 is 1.75 bits per heavy atom. The molecule has 2 heterocycles. The summed E-state index contributed by atoms with van der Waals surface area (Å²) in [6.07, 6.45) is 3.19. The molecule has 204 valence electrons. The van der Waals surface area contributed by atoms with Crippen LogP contribution < -0.4 is 19.7 Å². The van der Waals surface area contributed by atoms with E-state index in [1.807, 2.05) is 0 Å². The number of pyridine rings is 2. The van der Waals surface area contributed by atoms with E-state index in [4.69, 9.17) is 9.47 Å². The lowest BCUT2D eigenvalue weighted by molar-refractivity contribution is -0.132. The summed E-state index contributed by atoms with van der Waals surface area (Å²) in [5, 5.41) is 12.3. The number of ether oxygens (including phenoxy) is 2. The van der Waals surface area contributed by atoms with Crippen molar-refractivity contribution in [2.45, 2.75) is 12.8 Å². The van der Waals surface area contributed by atoms with Crippen LogP contribution in [0.15, 0.2) is 60.9 Å². The Hall–Kier alpha value is -5.13. The van der Waals surface area contributed by atoms with Crippen LogP contribution in [0.25, 0.3) is 10.9 Å². The Morgan fingerprint density at radius 3 is 2.38 bits per heavy atom. The summed E-state index contributed by atoms with van der Waals surface area (Å²) in [5.41, 5.74) is -0.664. The number of fused-ring (bicyclic) bond motifs is 1. The van der Waals surface area contributed by atoms with Crippen molar-refractivity contribution in [3.8, 4) is 17.4 Å². The highest BCUT2D eigenvalue weighted by Crippen LogP contribution is 2.48. The molecule has 0 spiro atoms. The first-order chi connectivity index (χ1) is 19.1. The van der Waals surface area contributed by atoms with Gasteiger partial charge >= 0.3 is 5.97 Å². The van der Waals surface area contributed by atoms with Crippen molar-refractivity contribution in [3.63, 3.8) is 0 Å². The average molecular weight is 549 g/mol. The van der Waals surface area contributed by atoms with Crippen LogP contribution in [0.3, 0.4) is 0 Å². The number of carbonyl (C=O) groups is 3. The number of carboxylic acids is 1. The average Bonchev–Trinajstić information content (AvgIpc) is 3.76. The maximum absolute atomic E-state index is 15.0. The molecule has 1 aliphatic rings. The third-order valence-corrected chi connectivity index (χ3v) is 6.64. The highest BCUT2D eigenvalue weighted by atomic mass is 19.1. The topological polar surface area (TPSA) is 131 Å². The summed E-state index contributed by atoms with van der Waals surface area (Å²) in [6.45, 7) is 0. The van der Waals surface area contributed by atoms with Crippen LogP contribution >= 0.6 is 0 Å². The molecule has 0 unspecified atom stereocenters. The third kappa shape index (κ3) is 4.86. The van der Waals surface area contributed by atoms with Gasteiger partial charge in [0.1, 0.15) is 28.3 Å². The number of amides is 2. The van der Waals surface area contributed by atoms with Crippen molar-refractivity contribution in [1.29, 1.82) is 0 Å². The molecule has 1 saturated carbocycles. The lowest BCUT2D eigenvalue weighted by atomic mass is 10.0. The maximum Gasteiger partial charge on any atom is 0.339 e. The number of aromatic carboxylic acids is 1. The van der Waals surface area contributed by atoms with Gasteiger partial charge in [0.25, 0.3) is 5.88 Å². The number of hydrogen-bond donors (Lipinski definition) is 2. The fourth-order valence-electron chi connectivity index (χ4n) is 4.26. The maximum atomic E-state index is 15.0. The first-order valence-electron chi connectivity index (χ1n) is 12.0. The summed E-state index contributed by atoms with van der Waals surface area (Å²) in [7, 11) is 2.83. The van der Waals surface area contributed by atoms with E-state index in [1.54, 1.807) is 0 Å². The number of carboxylic acid groups (broad SMARTS) is 1. The molecule has 0 radical (unpaired) electrons. The van der Waals surface area contributed by atoms with Gasteiger partial charge in [0.15, 0.2) is 5.82 Å². The van der Waals surface area contributed by atoms with Crippen molar-refractivity contribution < 1.29 is 37.7 Å². The first-order valence-corrected chi connectivity index (χ1v) is 12.0. The van der Waals surface area contributed by atoms with E-state index in [2.05, 4.69) is 15.3 Å². The van der Waals surface area contributed by atoms with Crippen LogP contribution in [-0.2, 0) is 9.59 Å². The van der Waals surface area contributed by atoms with Crippen LogP contribution in [-0.4, -0.2) is 47.0 Å². The highest BCUT2D eigenvalue weighted by molar-refractivity contribution is 6.17. The molecule has 4 aromatic rings. The molecule has 0 saturated heterocycles. The van der Waals surface area contributed by atoms with Crippen molar-refractivity contribution >= 4 is 40.1 Å². The van der Waals surface area contributed by atoms with Gasteiger partial charge in [-0.3, -0.25) is 14.6 Å². The van der Waals surface area contributed by atoms with Crippen LogP contribution in [0.1, 0.15) is 23.2 Å². The van der Waals surface area contributed by atoms with E-state index in [0.717, 1.165) is 6.07 Å². The number of rotatable bonds is 8. The number of nitrogens with zero attached hydrogens (tertiary/aromatic N) is 3. The summed E-state index contributed by atoms with van der Waals surface area (Å²) in [6, 6.07) is 10.5. The van der Waals surface area contributed by atoms with Crippen LogP contribution in [0.2, 0.25) is 0 Å².